The zero-order chi connectivity index (χ0) is 13.4. The van der Waals surface area contributed by atoms with E-state index in [1.54, 1.807) is 14.2 Å². The molecule has 5 nitrogen and oxygen atoms in total. The van der Waals surface area contributed by atoms with Gasteiger partial charge in [-0.3, -0.25) is 0 Å². The van der Waals surface area contributed by atoms with Crippen LogP contribution in [0.1, 0.15) is 5.56 Å². The zero-order valence-corrected chi connectivity index (χ0v) is 11.1. The molecular formula is C13H23N3O2. The summed E-state index contributed by atoms with van der Waals surface area (Å²) in [5.74, 6) is 1.71. The molecule has 5 heteroatoms. The van der Waals surface area contributed by atoms with Crippen molar-refractivity contribution in [3.63, 3.8) is 0 Å². The first-order valence-electron chi connectivity index (χ1n) is 6.08. The summed E-state index contributed by atoms with van der Waals surface area (Å²) in [4.78, 5) is 0. The van der Waals surface area contributed by atoms with Crippen molar-refractivity contribution >= 4 is 0 Å². The van der Waals surface area contributed by atoms with Crippen LogP contribution in [0.4, 0.5) is 0 Å². The maximum atomic E-state index is 5.72. The Morgan fingerprint density at radius 3 is 2.67 bits per heavy atom. The summed E-state index contributed by atoms with van der Waals surface area (Å²) in [5.41, 5.74) is 12.3. The van der Waals surface area contributed by atoms with Crippen LogP contribution < -0.4 is 26.3 Å². The van der Waals surface area contributed by atoms with Crippen molar-refractivity contribution in [2.24, 2.45) is 11.5 Å². The molecule has 0 saturated heterocycles. The molecule has 1 unspecified atom stereocenters. The van der Waals surface area contributed by atoms with E-state index in [1.165, 1.54) is 0 Å². The molecule has 0 amide bonds. The predicted molar refractivity (Wildman–Crippen MR) is 73.1 cm³/mol. The lowest BCUT2D eigenvalue weighted by molar-refractivity contribution is 0.398. The van der Waals surface area contributed by atoms with E-state index >= 15 is 0 Å². The fourth-order valence-corrected chi connectivity index (χ4v) is 1.67. The molecule has 18 heavy (non-hydrogen) atoms. The molecule has 1 atom stereocenters. The smallest absolute Gasteiger partial charge is 0.122 e. The van der Waals surface area contributed by atoms with Crippen LogP contribution in [0.15, 0.2) is 18.2 Å². The number of methoxy groups -OCH3 is 2. The Bertz CT molecular complexity index is 358. The number of hydrogen-bond donors (Lipinski definition) is 3. The minimum atomic E-state index is 0.0113. The first kappa shape index (κ1) is 14.8. The molecule has 1 aromatic carbocycles. The second-order valence-electron chi connectivity index (χ2n) is 4.13. The van der Waals surface area contributed by atoms with Crippen molar-refractivity contribution in [1.82, 2.24) is 5.32 Å². The van der Waals surface area contributed by atoms with Gasteiger partial charge in [0.2, 0.25) is 0 Å². The lowest BCUT2D eigenvalue weighted by Gasteiger charge is -2.12. The maximum absolute atomic E-state index is 5.72. The number of hydrogen-bond acceptors (Lipinski definition) is 5. The van der Waals surface area contributed by atoms with E-state index in [4.69, 9.17) is 20.9 Å². The first-order valence-corrected chi connectivity index (χ1v) is 6.08. The van der Waals surface area contributed by atoms with E-state index in [9.17, 15) is 0 Å². The summed E-state index contributed by atoms with van der Waals surface area (Å²) < 4.78 is 10.5. The fourth-order valence-electron chi connectivity index (χ4n) is 1.67. The quantitative estimate of drug-likeness (QED) is 0.573. The van der Waals surface area contributed by atoms with Crippen molar-refractivity contribution in [2.45, 2.75) is 12.5 Å². The third kappa shape index (κ3) is 4.52. The van der Waals surface area contributed by atoms with E-state index in [-0.39, 0.29) is 6.04 Å². The molecule has 0 fully saturated rings. The minimum Gasteiger partial charge on any atom is -0.497 e. The van der Waals surface area contributed by atoms with Crippen LogP contribution in [0.3, 0.4) is 0 Å². The molecule has 102 valence electrons. The monoisotopic (exact) mass is 253 g/mol. The lowest BCUT2D eigenvalue weighted by Crippen LogP contribution is -2.40. The van der Waals surface area contributed by atoms with E-state index < -0.39 is 0 Å². The van der Waals surface area contributed by atoms with E-state index in [2.05, 4.69) is 5.32 Å². The molecule has 0 radical (unpaired) electrons. The Morgan fingerprint density at radius 2 is 2.06 bits per heavy atom. The Hall–Kier alpha value is -1.30. The van der Waals surface area contributed by atoms with Crippen molar-refractivity contribution in [3.05, 3.63) is 23.8 Å². The van der Waals surface area contributed by atoms with Gasteiger partial charge in [0.25, 0.3) is 0 Å². The van der Waals surface area contributed by atoms with Gasteiger partial charge >= 0.3 is 0 Å². The predicted octanol–water partition coefficient (Wildman–Crippen LogP) is 0.122. The molecule has 1 aromatic rings. The van der Waals surface area contributed by atoms with Crippen LogP contribution in [-0.4, -0.2) is 39.9 Å². The topological polar surface area (TPSA) is 82.5 Å². The summed E-state index contributed by atoms with van der Waals surface area (Å²) in [6, 6.07) is 5.81. The van der Waals surface area contributed by atoms with Crippen molar-refractivity contribution in [3.8, 4) is 11.5 Å². The average Bonchev–Trinajstić information content (AvgIpc) is 2.42. The molecule has 0 spiro atoms. The molecule has 0 aliphatic carbocycles. The SMILES string of the molecule is COc1ccc(OC)c(CCNCC(N)CN)c1. The molecular weight excluding hydrogens is 230 g/mol. The van der Waals surface area contributed by atoms with Crippen molar-refractivity contribution in [1.29, 1.82) is 0 Å². The van der Waals surface area contributed by atoms with Gasteiger partial charge in [0.1, 0.15) is 11.5 Å². The molecule has 5 N–H and O–H groups in total. The second-order valence-corrected chi connectivity index (χ2v) is 4.13. The number of benzene rings is 1. The Morgan fingerprint density at radius 1 is 1.28 bits per heavy atom. The fraction of sp³-hybridized carbons (Fsp3) is 0.538. The van der Waals surface area contributed by atoms with E-state index in [0.717, 1.165) is 36.6 Å². The minimum absolute atomic E-state index is 0.0113. The average molecular weight is 253 g/mol. The molecule has 0 aromatic heterocycles. The van der Waals surface area contributed by atoms with Crippen LogP contribution in [0.5, 0.6) is 11.5 Å². The lowest BCUT2D eigenvalue weighted by atomic mass is 10.1. The molecule has 0 saturated carbocycles. The maximum Gasteiger partial charge on any atom is 0.122 e. The summed E-state index contributed by atoms with van der Waals surface area (Å²) in [5, 5.41) is 3.27. The van der Waals surface area contributed by atoms with Gasteiger partial charge in [0, 0.05) is 19.1 Å². The third-order valence-corrected chi connectivity index (χ3v) is 2.77. The van der Waals surface area contributed by atoms with Gasteiger partial charge in [-0.1, -0.05) is 0 Å². The highest BCUT2D eigenvalue weighted by Crippen LogP contribution is 2.23. The number of nitrogens with two attached hydrogens (primary N) is 2. The van der Waals surface area contributed by atoms with Crippen LogP contribution in [-0.2, 0) is 6.42 Å². The summed E-state index contributed by atoms with van der Waals surface area (Å²) in [6.45, 7) is 2.05. The van der Waals surface area contributed by atoms with Gasteiger partial charge in [0.05, 0.1) is 14.2 Å². The number of nitrogens with one attached hydrogen (secondary N) is 1. The van der Waals surface area contributed by atoms with Gasteiger partial charge in [-0.15, -0.1) is 0 Å². The van der Waals surface area contributed by atoms with Gasteiger partial charge in [-0.05, 0) is 36.7 Å². The first-order chi connectivity index (χ1) is 8.71. The number of ether oxygens (including phenoxy) is 2. The highest BCUT2D eigenvalue weighted by atomic mass is 16.5. The Balaban J connectivity index is 2.49. The van der Waals surface area contributed by atoms with Crippen LogP contribution in [0.2, 0.25) is 0 Å². The molecule has 0 bridgehead atoms. The van der Waals surface area contributed by atoms with E-state index in [0.29, 0.717) is 6.54 Å². The summed E-state index contributed by atoms with van der Waals surface area (Å²) in [6.07, 6.45) is 0.859. The largest absolute Gasteiger partial charge is 0.497 e. The van der Waals surface area contributed by atoms with Crippen molar-refractivity contribution in [2.75, 3.05) is 33.9 Å². The second kappa shape index (κ2) is 7.92. The molecule has 0 heterocycles. The van der Waals surface area contributed by atoms with Gasteiger partial charge < -0.3 is 26.3 Å². The summed E-state index contributed by atoms with van der Waals surface area (Å²) in [7, 11) is 3.33. The standard InChI is InChI=1S/C13H23N3O2/c1-17-12-3-4-13(18-2)10(7-12)5-6-16-9-11(15)8-14/h3-4,7,11,16H,5-6,8-9,14-15H2,1-2H3. The highest BCUT2D eigenvalue weighted by molar-refractivity contribution is 5.40. The van der Waals surface area contributed by atoms with Gasteiger partial charge in [-0.25, -0.2) is 0 Å². The normalized spacial score (nSPS) is 12.2. The van der Waals surface area contributed by atoms with Gasteiger partial charge in [-0.2, -0.15) is 0 Å². The molecule has 0 aliphatic heterocycles. The van der Waals surface area contributed by atoms with Gasteiger partial charge in [0.15, 0.2) is 0 Å². The number of rotatable bonds is 8. The van der Waals surface area contributed by atoms with Crippen LogP contribution >= 0.6 is 0 Å². The third-order valence-electron chi connectivity index (χ3n) is 2.77. The van der Waals surface area contributed by atoms with E-state index in [1.807, 2.05) is 18.2 Å². The Kier molecular flexibility index (Phi) is 6.49. The molecule has 0 aliphatic rings. The Labute approximate surface area is 108 Å². The zero-order valence-electron chi connectivity index (χ0n) is 11.1. The van der Waals surface area contributed by atoms with Crippen LogP contribution in [0.25, 0.3) is 0 Å². The van der Waals surface area contributed by atoms with Crippen molar-refractivity contribution < 1.29 is 9.47 Å². The summed E-state index contributed by atoms with van der Waals surface area (Å²) >= 11 is 0. The van der Waals surface area contributed by atoms with Crippen LogP contribution in [0, 0.1) is 0 Å². The molecule has 1 rings (SSSR count). The highest BCUT2D eigenvalue weighted by Gasteiger charge is 2.05.